The highest BCUT2D eigenvalue weighted by molar-refractivity contribution is 5.90. The van der Waals surface area contributed by atoms with Crippen LogP contribution in [0.5, 0.6) is 0 Å². The molecule has 2 nitrogen and oxygen atoms in total. The van der Waals surface area contributed by atoms with E-state index in [2.05, 4.69) is 30.8 Å². The van der Waals surface area contributed by atoms with Crippen molar-refractivity contribution in [1.82, 2.24) is 9.97 Å². The molecule has 0 saturated heterocycles. The van der Waals surface area contributed by atoms with Gasteiger partial charge in [-0.25, -0.2) is 9.97 Å². The Bertz CT molecular complexity index is 1010. The zero-order valence-electron chi connectivity index (χ0n) is 13.2. The number of hydrogen-bond acceptors (Lipinski definition) is 2. The zero-order valence-corrected chi connectivity index (χ0v) is 13.2. The van der Waals surface area contributed by atoms with Crippen molar-refractivity contribution in [3.63, 3.8) is 0 Å². The smallest absolute Gasteiger partial charge is 0.0973 e. The SMILES string of the molecule is C=Cc1cccc2nc(-c3ccccc3)c(-c3ccccc3)nc12. The van der Waals surface area contributed by atoms with Gasteiger partial charge < -0.3 is 0 Å². The zero-order chi connectivity index (χ0) is 16.4. The van der Waals surface area contributed by atoms with Gasteiger partial charge in [-0.2, -0.15) is 0 Å². The van der Waals surface area contributed by atoms with Crippen LogP contribution in [0.1, 0.15) is 5.56 Å². The lowest BCUT2D eigenvalue weighted by Gasteiger charge is -2.11. The summed E-state index contributed by atoms with van der Waals surface area (Å²) in [6, 6.07) is 26.4. The Morgan fingerprint density at radius 1 is 0.625 bits per heavy atom. The Morgan fingerprint density at radius 2 is 1.21 bits per heavy atom. The number of nitrogens with zero attached hydrogens (tertiary/aromatic N) is 2. The largest absolute Gasteiger partial charge is 0.244 e. The molecule has 0 amide bonds. The van der Waals surface area contributed by atoms with Crippen LogP contribution in [-0.4, -0.2) is 9.97 Å². The topological polar surface area (TPSA) is 25.8 Å². The molecule has 0 radical (unpaired) electrons. The molecule has 0 aliphatic carbocycles. The summed E-state index contributed by atoms with van der Waals surface area (Å²) in [7, 11) is 0. The van der Waals surface area contributed by atoms with Crippen molar-refractivity contribution in [2.75, 3.05) is 0 Å². The lowest BCUT2D eigenvalue weighted by molar-refractivity contribution is 1.29. The van der Waals surface area contributed by atoms with Crippen molar-refractivity contribution < 1.29 is 0 Å². The summed E-state index contributed by atoms with van der Waals surface area (Å²) < 4.78 is 0. The first-order chi connectivity index (χ1) is 11.9. The fraction of sp³-hybridized carbons (Fsp3) is 0. The second kappa shape index (κ2) is 6.09. The molecule has 1 aromatic heterocycles. The maximum Gasteiger partial charge on any atom is 0.0973 e. The minimum Gasteiger partial charge on any atom is -0.244 e. The third-order valence-electron chi connectivity index (χ3n) is 4.04. The third-order valence-corrected chi connectivity index (χ3v) is 4.04. The minimum absolute atomic E-state index is 0.880. The predicted octanol–water partition coefficient (Wildman–Crippen LogP) is 5.61. The maximum atomic E-state index is 4.96. The van der Waals surface area contributed by atoms with Gasteiger partial charge in [-0.1, -0.05) is 85.5 Å². The number of benzene rings is 3. The maximum absolute atomic E-state index is 4.96. The quantitative estimate of drug-likeness (QED) is 0.492. The summed E-state index contributed by atoms with van der Waals surface area (Å²) in [5, 5.41) is 0. The molecular weight excluding hydrogens is 292 g/mol. The van der Waals surface area contributed by atoms with E-state index in [1.54, 1.807) is 0 Å². The standard InChI is InChI=1S/C22H16N2/c1-2-16-14-9-15-19-20(16)24-22(18-12-7-4-8-13-18)21(23-19)17-10-5-3-6-11-17/h2-15H,1H2. The molecule has 0 fully saturated rings. The van der Waals surface area contributed by atoms with Crippen molar-refractivity contribution in [2.45, 2.75) is 0 Å². The average Bonchev–Trinajstić information content (AvgIpc) is 2.68. The molecule has 1 heterocycles. The number of hydrogen-bond donors (Lipinski definition) is 0. The second-order valence-electron chi connectivity index (χ2n) is 5.57. The van der Waals surface area contributed by atoms with E-state index in [-0.39, 0.29) is 0 Å². The molecule has 0 unspecified atom stereocenters. The van der Waals surface area contributed by atoms with Crippen molar-refractivity contribution in [2.24, 2.45) is 0 Å². The first-order valence-electron chi connectivity index (χ1n) is 7.91. The Morgan fingerprint density at radius 3 is 1.79 bits per heavy atom. The lowest BCUT2D eigenvalue weighted by atomic mass is 10.0. The first kappa shape index (κ1) is 14.3. The molecule has 2 heteroatoms. The number of aromatic nitrogens is 2. The van der Waals surface area contributed by atoms with Crippen molar-refractivity contribution in [3.8, 4) is 22.5 Å². The van der Waals surface area contributed by atoms with E-state index < -0.39 is 0 Å². The van der Waals surface area contributed by atoms with Gasteiger partial charge in [0.1, 0.15) is 0 Å². The Kier molecular flexibility index (Phi) is 3.64. The van der Waals surface area contributed by atoms with E-state index in [1.165, 1.54) is 0 Å². The van der Waals surface area contributed by atoms with Crippen LogP contribution in [0.3, 0.4) is 0 Å². The first-order valence-corrected chi connectivity index (χ1v) is 7.91. The van der Waals surface area contributed by atoms with Crippen LogP contribution < -0.4 is 0 Å². The summed E-state index contributed by atoms with van der Waals surface area (Å²) in [6.45, 7) is 3.90. The van der Waals surface area contributed by atoms with Gasteiger partial charge in [-0.15, -0.1) is 0 Å². The summed E-state index contributed by atoms with van der Waals surface area (Å²) >= 11 is 0. The van der Waals surface area contributed by atoms with Gasteiger partial charge >= 0.3 is 0 Å². The lowest BCUT2D eigenvalue weighted by Crippen LogP contribution is -1.96. The molecule has 0 N–H and O–H groups in total. The van der Waals surface area contributed by atoms with Gasteiger partial charge in [-0.3, -0.25) is 0 Å². The highest BCUT2D eigenvalue weighted by atomic mass is 14.8. The summed E-state index contributed by atoms with van der Waals surface area (Å²) in [4.78, 5) is 9.88. The fourth-order valence-electron chi connectivity index (χ4n) is 2.86. The molecule has 4 aromatic rings. The van der Waals surface area contributed by atoms with E-state index in [9.17, 15) is 0 Å². The van der Waals surface area contributed by atoms with Gasteiger partial charge in [0.05, 0.1) is 22.4 Å². The van der Waals surface area contributed by atoms with Crippen LogP contribution in [0.15, 0.2) is 85.4 Å². The fourth-order valence-corrected chi connectivity index (χ4v) is 2.86. The molecule has 0 saturated carbocycles. The Labute approximate surface area is 141 Å². The van der Waals surface area contributed by atoms with Crippen LogP contribution in [0.25, 0.3) is 39.6 Å². The molecule has 0 aliphatic rings. The van der Waals surface area contributed by atoms with E-state index in [1.807, 2.05) is 60.7 Å². The number of para-hydroxylation sites is 1. The van der Waals surface area contributed by atoms with Crippen LogP contribution in [0, 0.1) is 0 Å². The molecule has 0 aliphatic heterocycles. The second-order valence-corrected chi connectivity index (χ2v) is 5.57. The molecule has 0 atom stereocenters. The van der Waals surface area contributed by atoms with E-state index in [0.29, 0.717) is 0 Å². The summed E-state index contributed by atoms with van der Waals surface area (Å²) in [6.07, 6.45) is 1.83. The summed E-state index contributed by atoms with van der Waals surface area (Å²) in [5.74, 6) is 0. The highest BCUT2D eigenvalue weighted by Gasteiger charge is 2.13. The monoisotopic (exact) mass is 308 g/mol. The summed E-state index contributed by atoms with van der Waals surface area (Å²) in [5.41, 5.74) is 6.67. The highest BCUT2D eigenvalue weighted by Crippen LogP contribution is 2.31. The van der Waals surface area contributed by atoms with E-state index in [4.69, 9.17) is 9.97 Å². The van der Waals surface area contributed by atoms with E-state index in [0.717, 1.165) is 39.1 Å². The predicted molar refractivity (Wildman–Crippen MR) is 101 cm³/mol. The van der Waals surface area contributed by atoms with Crippen LogP contribution in [0.4, 0.5) is 0 Å². The molecule has 0 spiro atoms. The molecule has 114 valence electrons. The number of rotatable bonds is 3. The van der Waals surface area contributed by atoms with Gasteiger partial charge in [0.25, 0.3) is 0 Å². The van der Waals surface area contributed by atoms with Crippen molar-refractivity contribution >= 4 is 17.1 Å². The van der Waals surface area contributed by atoms with Crippen LogP contribution in [0.2, 0.25) is 0 Å². The van der Waals surface area contributed by atoms with Crippen LogP contribution >= 0.6 is 0 Å². The number of fused-ring (bicyclic) bond motifs is 1. The third kappa shape index (κ3) is 2.48. The van der Waals surface area contributed by atoms with Crippen molar-refractivity contribution in [1.29, 1.82) is 0 Å². The molecule has 4 rings (SSSR count). The van der Waals surface area contributed by atoms with Gasteiger partial charge in [0.15, 0.2) is 0 Å². The van der Waals surface area contributed by atoms with Gasteiger partial charge in [0.2, 0.25) is 0 Å². The van der Waals surface area contributed by atoms with E-state index >= 15 is 0 Å². The molecular formula is C22H16N2. The Balaban J connectivity index is 2.08. The van der Waals surface area contributed by atoms with Crippen molar-refractivity contribution in [3.05, 3.63) is 91.0 Å². The van der Waals surface area contributed by atoms with Gasteiger partial charge in [0, 0.05) is 16.7 Å². The Hall–Kier alpha value is -3.26. The minimum atomic E-state index is 0.880. The normalized spacial score (nSPS) is 10.7. The van der Waals surface area contributed by atoms with Crippen LogP contribution in [-0.2, 0) is 0 Å². The average molecular weight is 308 g/mol. The molecule has 24 heavy (non-hydrogen) atoms. The van der Waals surface area contributed by atoms with Gasteiger partial charge in [-0.05, 0) is 6.07 Å². The molecule has 3 aromatic carbocycles. The molecule has 0 bridgehead atoms.